The largest absolute Gasteiger partial charge is 0.461 e. The summed E-state index contributed by atoms with van der Waals surface area (Å²) in [5.74, 6) is -0.540. The maximum atomic E-state index is 12.1. The van der Waals surface area contributed by atoms with Crippen LogP contribution in [0.2, 0.25) is 0 Å². The molecule has 0 bridgehead atoms. The van der Waals surface area contributed by atoms with E-state index in [-0.39, 0.29) is 18.0 Å². The Kier molecular flexibility index (Phi) is 4.82. The van der Waals surface area contributed by atoms with Gasteiger partial charge in [-0.1, -0.05) is 24.3 Å². The first-order valence-electron chi connectivity index (χ1n) is 7.68. The van der Waals surface area contributed by atoms with Crippen LogP contribution in [0.3, 0.4) is 0 Å². The van der Waals surface area contributed by atoms with Crippen molar-refractivity contribution >= 4 is 23.0 Å². The van der Waals surface area contributed by atoms with E-state index in [1.165, 1.54) is 23.6 Å². The number of nitrogens with zero attached hydrogens (tertiary/aromatic N) is 2. The Labute approximate surface area is 152 Å². The molecule has 3 aromatic rings. The van der Waals surface area contributed by atoms with Crippen molar-refractivity contribution in [1.82, 2.24) is 4.98 Å². The van der Waals surface area contributed by atoms with E-state index < -0.39 is 10.9 Å². The van der Waals surface area contributed by atoms with E-state index >= 15 is 0 Å². The molecule has 130 valence electrons. The van der Waals surface area contributed by atoms with Gasteiger partial charge in [-0.25, -0.2) is 4.79 Å². The fourth-order valence-electron chi connectivity index (χ4n) is 2.63. The van der Waals surface area contributed by atoms with Crippen molar-refractivity contribution in [1.29, 1.82) is 5.26 Å². The molecule has 0 amide bonds. The zero-order chi connectivity index (χ0) is 18.7. The second kappa shape index (κ2) is 7.21. The molecule has 0 aliphatic rings. The van der Waals surface area contributed by atoms with Crippen molar-refractivity contribution < 1.29 is 14.5 Å². The molecule has 8 heteroatoms. The third-order valence-electron chi connectivity index (χ3n) is 3.76. The van der Waals surface area contributed by atoms with Crippen molar-refractivity contribution in [2.24, 2.45) is 0 Å². The highest BCUT2D eigenvalue weighted by Gasteiger charge is 2.21. The molecule has 0 unspecified atom stereocenters. The molecule has 0 aliphatic carbocycles. The van der Waals surface area contributed by atoms with Gasteiger partial charge in [-0.2, -0.15) is 5.26 Å². The normalized spacial score (nSPS) is 10.3. The molecular weight excluding hydrogens is 354 g/mol. The molecule has 0 saturated heterocycles. The van der Waals surface area contributed by atoms with Crippen LogP contribution in [0.15, 0.2) is 41.9 Å². The monoisotopic (exact) mass is 367 g/mol. The van der Waals surface area contributed by atoms with Crippen molar-refractivity contribution in [2.45, 2.75) is 6.92 Å². The number of thiophene rings is 1. The number of H-pyrrole nitrogens is 1. The molecule has 0 saturated carbocycles. The minimum Gasteiger partial charge on any atom is -0.461 e. The number of aromatic amines is 1. The summed E-state index contributed by atoms with van der Waals surface area (Å²) in [7, 11) is 0. The summed E-state index contributed by atoms with van der Waals surface area (Å²) in [6.45, 7) is 1.93. The summed E-state index contributed by atoms with van der Waals surface area (Å²) in [6, 6.07) is 10.4. The number of nitrogens with one attached hydrogen (secondary N) is 1. The summed E-state index contributed by atoms with van der Waals surface area (Å²) < 4.78 is 5.02. The Hall–Kier alpha value is -3.44. The summed E-state index contributed by atoms with van der Waals surface area (Å²) in [4.78, 5) is 26.1. The Bertz CT molecular complexity index is 1010. The summed E-state index contributed by atoms with van der Waals surface area (Å²) in [5.41, 5.74) is 2.38. The predicted molar refractivity (Wildman–Crippen MR) is 96.9 cm³/mol. The van der Waals surface area contributed by atoms with Crippen LogP contribution in [0.5, 0.6) is 0 Å². The van der Waals surface area contributed by atoms with Gasteiger partial charge >= 0.3 is 5.97 Å². The fourth-order valence-corrected chi connectivity index (χ4v) is 3.49. The van der Waals surface area contributed by atoms with Crippen LogP contribution in [0.1, 0.15) is 23.0 Å². The van der Waals surface area contributed by atoms with Gasteiger partial charge in [0.1, 0.15) is 16.6 Å². The van der Waals surface area contributed by atoms with Crippen LogP contribution in [0.25, 0.3) is 21.6 Å². The molecule has 0 radical (unpaired) electrons. The molecule has 0 atom stereocenters. The lowest BCUT2D eigenvalue weighted by atomic mass is 10.00. The molecule has 0 aliphatic heterocycles. The van der Waals surface area contributed by atoms with Crippen molar-refractivity contribution in [2.75, 3.05) is 6.61 Å². The highest BCUT2D eigenvalue weighted by Crippen LogP contribution is 2.37. The zero-order valence-electron chi connectivity index (χ0n) is 13.7. The van der Waals surface area contributed by atoms with Gasteiger partial charge in [0, 0.05) is 17.8 Å². The minimum absolute atomic E-state index is 0.0503. The number of carbonyl (C=O) groups is 1. The number of aromatic nitrogens is 1. The Morgan fingerprint density at radius 1 is 1.31 bits per heavy atom. The third kappa shape index (κ3) is 3.08. The minimum atomic E-state index is -0.540. The van der Waals surface area contributed by atoms with E-state index in [4.69, 9.17) is 4.74 Å². The number of ether oxygens (including phenoxy) is 1. The summed E-state index contributed by atoms with van der Waals surface area (Å²) >= 11 is 1.28. The molecule has 0 fully saturated rings. The lowest BCUT2D eigenvalue weighted by Crippen LogP contribution is -2.06. The molecule has 7 nitrogen and oxygen atoms in total. The number of hydrogen-bond acceptors (Lipinski definition) is 6. The first-order valence-corrected chi connectivity index (χ1v) is 8.56. The molecular formula is C18H13N3O4S. The highest BCUT2D eigenvalue weighted by atomic mass is 32.1. The van der Waals surface area contributed by atoms with E-state index in [2.05, 4.69) is 11.1 Å². The smallest absolute Gasteiger partial charge is 0.355 e. The van der Waals surface area contributed by atoms with Gasteiger partial charge in [-0.15, -0.1) is 11.3 Å². The number of rotatable bonds is 5. The molecule has 1 aromatic carbocycles. The number of esters is 1. The topological polar surface area (TPSA) is 109 Å². The Balaban J connectivity index is 2.03. The van der Waals surface area contributed by atoms with Crippen LogP contribution in [-0.4, -0.2) is 22.5 Å². The number of nitriles is 1. The van der Waals surface area contributed by atoms with Gasteiger partial charge in [-0.05, 0) is 23.4 Å². The van der Waals surface area contributed by atoms with Crippen molar-refractivity contribution in [3.05, 3.63) is 63.3 Å². The van der Waals surface area contributed by atoms with E-state index in [9.17, 15) is 20.2 Å². The number of carbonyl (C=O) groups excluding carboxylic acids is 1. The number of hydrogen-bond donors (Lipinski definition) is 1. The molecule has 3 rings (SSSR count). The molecule has 26 heavy (non-hydrogen) atoms. The zero-order valence-corrected chi connectivity index (χ0v) is 14.5. The molecule has 1 N–H and O–H groups in total. The van der Waals surface area contributed by atoms with Gasteiger partial charge < -0.3 is 9.72 Å². The van der Waals surface area contributed by atoms with Crippen molar-refractivity contribution in [3.63, 3.8) is 0 Å². The van der Waals surface area contributed by atoms with Crippen LogP contribution >= 0.6 is 11.3 Å². The first-order chi connectivity index (χ1) is 12.6. The average molecular weight is 367 g/mol. The average Bonchev–Trinajstić information content (AvgIpc) is 3.29. The lowest BCUT2D eigenvalue weighted by molar-refractivity contribution is -0.383. The summed E-state index contributed by atoms with van der Waals surface area (Å²) in [5, 5.41) is 22.1. The second-order valence-electron chi connectivity index (χ2n) is 5.25. The maximum absolute atomic E-state index is 12.1. The molecule has 2 aromatic heterocycles. The SMILES string of the molecule is CCOC(=O)c1[nH]cc(C#N)c1-c1ccc(-c2sccc2[N+](=O)[O-])cc1. The standard InChI is InChI=1S/C18H13N3O4S/c1-2-25-18(22)16-15(13(9-19)10-20-16)11-3-5-12(6-4-11)17-14(21(23)24)7-8-26-17/h3-8,10,20H,2H2,1H3. The van der Waals surface area contributed by atoms with Crippen LogP contribution in [0.4, 0.5) is 5.69 Å². The van der Waals surface area contributed by atoms with Crippen LogP contribution < -0.4 is 0 Å². The lowest BCUT2D eigenvalue weighted by Gasteiger charge is -2.06. The molecule has 0 spiro atoms. The fraction of sp³-hybridized carbons (Fsp3) is 0.111. The van der Waals surface area contributed by atoms with Gasteiger partial charge in [0.05, 0.1) is 17.1 Å². The van der Waals surface area contributed by atoms with E-state index in [0.29, 0.717) is 27.1 Å². The van der Waals surface area contributed by atoms with Gasteiger partial charge in [-0.3, -0.25) is 10.1 Å². The number of benzene rings is 1. The van der Waals surface area contributed by atoms with Gasteiger partial charge in [0.25, 0.3) is 5.69 Å². The predicted octanol–water partition coefficient (Wildman–Crippen LogP) is 4.37. The van der Waals surface area contributed by atoms with Crippen LogP contribution in [0, 0.1) is 21.4 Å². The summed E-state index contributed by atoms with van der Waals surface area (Å²) in [6.07, 6.45) is 1.46. The van der Waals surface area contributed by atoms with Gasteiger partial charge in [0.2, 0.25) is 0 Å². The highest BCUT2D eigenvalue weighted by molar-refractivity contribution is 7.14. The molecule has 2 heterocycles. The van der Waals surface area contributed by atoms with Crippen LogP contribution in [-0.2, 0) is 4.74 Å². The first kappa shape index (κ1) is 17.4. The third-order valence-corrected chi connectivity index (χ3v) is 4.71. The van der Waals surface area contributed by atoms with Crippen molar-refractivity contribution in [3.8, 4) is 27.6 Å². The van der Waals surface area contributed by atoms with E-state index in [1.807, 2.05) is 0 Å². The Morgan fingerprint density at radius 2 is 2.00 bits per heavy atom. The maximum Gasteiger partial charge on any atom is 0.355 e. The number of nitro groups is 1. The van der Waals surface area contributed by atoms with E-state index in [1.54, 1.807) is 36.6 Å². The van der Waals surface area contributed by atoms with Gasteiger partial charge in [0.15, 0.2) is 0 Å². The van der Waals surface area contributed by atoms with E-state index in [0.717, 1.165) is 0 Å². The Morgan fingerprint density at radius 3 is 2.62 bits per heavy atom. The quantitative estimate of drug-likeness (QED) is 0.409. The second-order valence-corrected chi connectivity index (χ2v) is 6.17.